The van der Waals surface area contributed by atoms with Crippen molar-refractivity contribution in [2.45, 2.75) is 0 Å². The van der Waals surface area contributed by atoms with Gasteiger partial charge in [-0.25, -0.2) is 13.2 Å². The Morgan fingerprint density at radius 2 is 1.78 bits per heavy atom. The first-order valence-electron chi connectivity index (χ1n) is 4.54. The van der Waals surface area contributed by atoms with Crippen LogP contribution in [0.15, 0.2) is 16.9 Å². The summed E-state index contributed by atoms with van der Waals surface area (Å²) in [5.41, 5.74) is -0.849. The van der Waals surface area contributed by atoms with E-state index in [1.165, 1.54) is 0 Å². The Morgan fingerprint density at radius 1 is 1.22 bits per heavy atom. The SMILES string of the molecule is O=c1[nH]c(-c2cc(F)c(F)c(F)c2)nc(O)c1I. The van der Waals surface area contributed by atoms with E-state index in [1.807, 2.05) is 0 Å². The minimum Gasteiger partial charge on any atom is -0.492 e. The second-order valence-electron chi connectivity index (χ2n) is 3.31. The number of nitrogens with one attached hydrogen (secondary N) is 1. The minimum absolute atomic E-state index is 0.0561. The molecule has 1 aromatic heterocycles. The summed E-state index contributed by atoms with van der Waals surface area (Å²) < 4.78 is 38.7. The van der Waals surface area contributed by atoms with Gasteiger partial charge in [0, 0.05) is 5.56 Å². The maximum Gasteiger partial charge on any atom is 0.268 e. The van der Waals surface area contributed by atoms with E-state index in [4.69, 9.17) is 0 Å². The van der Waals surface area contributed by atoms with Crippen molar-refractivity contribution in [3.63, 3.8) is 0 Å². The van der Waals surface area contributed by atoms with Gasteiger partial charge in [-0.05, 0) is 34.7 Å². The van der Waals surface area contributed by atoms with E-state index in [9.17, 15) is 23.1 Å². The van der Waals surface area contributed by atoms with E-state index in [2.05, 4.69) is 9.97 Å². The van der Waals surface area contributed by atoms with Crippen LogP contribution in [0.25, 0.3) is 11.4 Å². The summed E-state index contributed by atoms with van der Waals surface area (Å²) in [7, 11) is 0. The molecule has 2 aromatic rings. The Labute approximate surface area is 112 Å². The van der Waals surface area contributed by atoms with Gasteiger partial charge < -0.3 is 10.1 Å². The molecule has 0 fully saturated rings. The molecule has 0 saturated heterocycles. The number of rotatable bonds is 1. The normalized spacial score (nSPS) is 10.7. The number of halogens is 4. The molecule has 94 valence electrons. The van der Waals surface area contributed by atoms with Gasteiger partial charge in [-0.1, -0.05) is 0 Å². The second kappa shape index (κ2) is 4.59. The Morgan fingerprint density at radius 3 is 2.28 bits per heavy atom. The molecule has 2 rings (SSSR count). The highest BCUT2D eigenvalue weighted by Crippen LogP contribution is 2.22. The predicted molar refractivity (Wildman–Crippen MR) is 64.5 cm³/mol. The maximum atomic E-state index is 13.0. The quantitative estimate of drug-likeness (QED) is 0.599. The summed E-state index contributed by atoms with van der Waals surface area (Å²) in [6, 6.07) is 1.34. The van der Waals surface area contributed by atoms with Crippen LogP contribution in [0.3, 0.4) is 0 Å². The highest BCUT2D eigenvalue weighted by molar-refractivity contribution is 14.1. The van der Waals surface area contributed by atoms with Gasteiger partial charge in [0.1, 0.15) is 9.39 Å². The molecule has 0 aliphatic rings. The molecule has 0 aliphatic heterocycles. The lowest BCUT2D eigenvalue weighted by atomic mass is 10.2. The third-order valence-electron chi connectivity index (χ3n) is 2.10. The van der Waals surface area contributed by atoms with Crippen molar-refractivity contribution in [3.05, 3.63) is 43.5 Å². The number of hydrogen-bond donors (Lipinski definition) is 2. The summed E-state index contributed by atoms with van der Waals surface area (Å²) >= 11 is 1.56. The van der Waals surface area contributed by atoms with Gasteiger partial charge in [0.2, 0.25) is 5.88 Å². The largest absolute Gasteiger partial charge is 0.492 e. The van der Waals surface area contributed by atoms with Crippen LogP contribution < -0.4 is 5.56 Å². The summed E-state index contributed by atoms with van der Waals surface area (Å²) in [6.45, 7) is 0. The lowest BCUT2D eigenvalue weighted by molar-refractivity contribution is 0.444. The van der Waals surface area contributed by atoms with Crippen LogP contribution in [0.2, 0.25) is 0 Å². The summed E-state index contributed by atoms with van der Waals surface area (Å²) in [4.78, 5) is 17.1. The van der Waals surface area contributed by atoms with E-state index in [1.54, 1.807) is 22.6 Å². The molecule has 0 aliphatic carbocycles. The zero-order valence-electron chi connectivity index (χ0n) is 8.47. The molecule has 4 nitrogen and oxygen atoms in total. The number of nitrogens with zero attached hydrogens (tertiary/aromatic N) is 1. The molecular formula is C10H4F3IN2O2. The number of aromatic hydroxyl groups is 1. The van der Waals surface area contributed by atoms with Crippen molar-refractivity contribution in [3.8, 4) is 17.3 Å². The molecule has 0 radical (unpaired) electrons. The monoisotopic (exact) mass is 368 g/mol. The summed E-state index contributed by atoms with van der Waals surface area (Å²) in [5.74, 6) is -5.26. The third kappa shape index (κ3) is 2.19. The van der Waals surface area contributed by atoms with Crippen molar-refractivity contribution in [1.82, 2.24) is 9.97 Å². The van der Waals surface area contributed by atoms with Gasteiger partial charge >= 0.3 is 0 Å². The van der Waals surface area contributed by atoms with Crippen LogP contribution >= 0.6 is 22.6 Å². The molecule has 0 saturated carbocycles. The Kier molecular flexibility index (Phi) is 3.28. The van der Waals surface area contributed by atoms with E-state index < -0.39 is 28.9 Å². The first-order valence-corrected chi connectivity index (χ1v) is 5.61. The molecule has 8 heteroatoms. The smallest absolute Gasteiger partial charge is 0.268 e. The molecule has 0 atom stereocenters. The van der Waals surface area contributed by atoms with Gasteiger partial charge in [-0.15, -0.1) is 0 Å². The van der Waals surface area contributed by atoms with Crippen molar-refractivity contribution in [2.75, 3.05) is 0 Å². The zero-order chi connectivity index (χ0) is 13.4. The topological polar surface area (TPSA) is 66.0 Å². The molecule has 2 N–H and O–H groups in total. The fourth-order valence-corrected chi connectivity index (χ4v) is 1.53. The highest BCUT2D eigenvalue weighted by Gasteiger charge is 2.15. The first-order chi connectivity index (χ1) is 8.40. The lowest BCUT2D eigenvalue weighted by Gasteiger charge is -2.04. The fraction of sp³-hybridized carbons (Fsp3) is 0. The number of aromatic amines is 1. The average Bonchev–Trinajstić information content (AvgIpc) is 2.31. The van der Waals surface area contributed by atoms with Crippen LogP contribution in [0, 0.1) is 21.0 Å². The third-order valence-corrected chi connectivity index (χ3v) is 3.07. The number of H-pyrrole nitrogens is 1. The predicted octanol–water partition coefficient (Wildman–Crippen LogP) is 2.16. The molecule has 0 unspecified atom stereocenters. The van der Waals surface area contributed by atoms with Gasteiger partial charge in [0.15, 0.2) is 17.5 Å². The van der Waals surface area contributed by atoms with Crippen molar-refractivity contribution >= 4 is 22.6 Å². The number of benzene rings is 1. The van der Waals surface area contributed by atoms with Gasteiger partial charge in [0.05, 0.1) is 0 Å². The van der Waals surface area contributed by atoms with Gasteiger partial charge in [0.25, 0.3) is 5.56 Å². The molecule has 18 heavy (non-hydrogen) atoms. The van der Waals surface area contributed by atoms with Crippen LogP contribution in [0.1, 0.15) is 0 Å². The molecule has 1 aromatic carbocycles. The average molecular weight is 368 g/mol. The Balaban J connectivity index is 2.66. The van der Waals surface area contributed by atoms with Gasteiger partial charge in [-0.3, -0.25) is 4.79 Å². The number of aromatic nitrogens is 2. The first kappa shape index (κ1) is 12.9. The lowest BCUT2D eigenvalue weighted by Crippen LogP contribution is -2.12. The van der Waals surface area contributed by atoms with Gasteiger partial charge in [-0.2, -0.15) is 4.98 Å². The van der Waals surface area contributed by atoms with E-state index in [-0.39, 0.29) is 15.0 Å². The van der Waals surface area contributed by atoms with E-state index in [0.29, 0.717) is 12.1 Å². The summed E-state index contributed by atoms with van der Waals surface area (Å²) in [6.07, 6.45) is 0. The highest BCUT2D eigenvalue weighted by atomic mass is 127. The van der Waals surface area contributed by atoms with E-state index in [0.717, 1.165) is 0 Å². The molecule has 0 bridgehead atoms. The van der Waals surface area contributed by atoms with Crippen molar-refractivity contribution in [2.24, 2.45) is 0 Å². The zero-order valence-corrected chi connectivity index (χ0v) is 10.6. The van der Waals surface area contributed by atoms with Crippen LogP contribution in [-0.2, 0) is 0 Å². The minimum atomic E-state index is -1.61. The van der Waals surface area contributed by atoms with E-state index >= 15 is 0 Å². The summed E-state index contributed by atoms with van der Waals surface area (Å²) in [5, 5.41) is 9.34. The second-order valence-corrected chi connectivity index (χ2v) is 4.38. The molecule has 1 heterocycles. The van der Waals surface area contributed by atoms with Crippen molar-refractivity contribution < 1.29 is 18.3 Å². The van der Waals surface area contributed by atoms with Crippen LogP contribution in [0.4, 0.5) is 13.2 Å². The molecule has 0 amide bonds. The van der Waals surface area contributed by atoms with Crippen molar-refractivity contribution in [1.29, 1.82) is 0 Å². The van der Waals surface area contributed by atoms with Crippen LogP contribution in [0.5, 0.6) is 5.88 Å². The standard InChI is InChI=1S/C10H4F3IN2O2/c11-4-1-3(2-5(12)6(4)13)8-15-9(17)7(14)10(18)16-8/h1-2H,(H2,15,16,17,18). The number of hydrogen-bond acceptors (Lipinski definition) is 3. The fourth-order valence-electron chi connectivity index (χ4n) is 1.28. The Hall–Kier alpha value is -1.58. The molecule has 0 spiro atoms. The maximum absolute atomic E-state index is 13.0. The molecular weight excluding hydrogens is 364 g/mol. The van der Waals surface area contributed by atoms with Crippen LogP contribution in [-0.4, -0.2) is 15.1 Å². The Bertz CT molecular complexity index is 664.